The maximum atomic E-state index is 12.7. The number of amides is 2. The zero-order valence-corrected chi connectivity index (χ0v) is 12.6. The number of nitrogens with one attached hydrogen (secondary N) is 1. The first-order chi connectivity index (χ1) is 9.38. The Morgan fingerprint density at radius 1 is 1.25 bits per heavy atom. The molecule has 1 unspecified atom stereocenters. The van der Waals surface area contributed by atoms with Crippen LogP contribution in [0.2, 0.25) is 0 Å². The van der Waals surface area contributed by atoms with Crippen LogP contribution >= 0.6 is 0 Å². The zero-order valence-electron chi connectivity index (χ0n) is 12.6. The molecule has 4 heteroatoms. The highest BCUT2D eigenvalue weighted by molar-refractivity contribution is 6.10. The van der Waals surface area contributed by atoms with E-state index in [1.54, 1.807) is 25.7 Å². The summed E-state index contributed by atoms with van der Waals surface area (Å²) in [5.74, 6) is -0.172. The van der Waals surface area contributed by atoms with E-state index in [1.165, 1.54) is 0 Å². The third kappa shape index (κ3) is 2.42. The number of piperazine rings is 1. The lowest BCUT2D eigenvalue weighted by atomic mass is 9.95. The summed E-state index contributed by atoms with van der Waals surface area (Å²) in [6.07, 6.45) is 1.90. The third-order valence-corrected chi connectivity index (χ3v) is 3.73. The van der Waals surface area contributed by atoms with Crippen molar-refractivity contribution >= 4 is 17.5 Å². The number of aryl methyl sites for hydroxylation is 1. The van der Waals surface area contributed by atoms with Crippen molar-refractivity contribution in [2.75, 3.05) is 4.90 Å². The van der Waals surface area contributed by atoms with Crippen molar-refractivity contribution in [1.82, 2.24) is 5.32 Å². The van der Waals surface area contributed by atoms with Crippen molar-refractivity contribution in [3.63, 3.8) is 0 Å². The van der Waals surface area contributed by atoms with E-state index in [9.17, 15) is 9.59 Å². The lowest BCUT2D eigenvalue weighted by Gasteiger charge is -2.42. The molecule has 1 heterocycles. The molecule has 1 fully saturated rings. The van der Waals surface area contributed by atoms with Crippen LogP contribution in [-0.2, 0) is 16.0 Å². The number of anilines is 1. The van der Waals surface area contributed by atoms with E-state index in [0.29, 0.717) is 0 Å². The summed E-state index contributed by atoms with van der Waals surface area (Å²) in [7, 11) is 0. The molecule has 0 radical (unpaired) electrons. The van der Waals surface area contributed by atoms with Crippen LogP contribution in [0, 0.1) is 0 Å². The summed E-state index contributed by atoms with van der Waals surface area (Å²) in [6, 6.07) is 7.35. The molecule has 0 aromatic heterocycles. The molecule has 1 aliphatic rings. The number of para-hydroxylation sites is 1. The van der Waals surface area contributed by atoms with Crippen LogP contribution in [0.1, 0.15) is 39.7 Å². The molecule has 0 saturated carbocycles. The van der Waals surface area contributed by atoms with Crippen LogP contribution in [-0.4, -0.2) is 23.4 Å². The minimum Gasteiger partial charge on any atom is -0.340 e. The normalized spacial score (nSPS) is 21.8. The van der Waals surface area contributed by atoms with E-state index in [1.807, 2.05) is 24.3 Å². The van der Waals surface area contributed by atoms with Gasteiger partial charge in [-0.2, -0.15) is 0 Å². The fourth-order valence-corrected chi connectivity index (χ4v) is 2.60. The van der Waals surface area contributed by atoms with Gasteiger partial charge < -0.3 is 5.32 Å². The van der Waals surface area contributed by atoms with Crippen LogP contribution in [0.25, 0.3) is 0 Å². The van der Waals surface area contributed by atoms with E-state index in [4.69, 9.17) is 0 Å². The lowest BCUT2D eigenvalue weighted by Crippen LogP contribution is -2.67. The first-order valence-electron chi connectivity index (χ1n) is 7.12. The molecule has 20 heavy (non-hydrogen) atoms. The number of carbonyl (C=O) groups is 2. The molecule has 2 rings (SSSR count). The highest BCUT2D eigenvalue weighted by atomic mass is 16.2. The molecule has 1 saturated heterocycles. The fraction of sp³-hybridized carbons (Fsp3) is 0.500. The lowest BCUT2D eigenvalue weighted by molar-refractivity contribution is -0.136. The van der Waals surface area contributed by atoms with E-state index < -0.39 is 11.6 Å². The van der Waals surface area contributed by atoms with Gasteiger partial charge in [-0.25, -0.2) is 0 Å². The molecular weight excluding hydrogens is 252 g/mol. The van der Waals surface area contributed by atoms with Crippen molar-refractivity contribution in [3.05, 3.63) is 29.8 Å². The number of hydrogen-bond acceptors (Lipinski definition) is 2. The molecule has 4 nitrogen and oxygen atoms in total. The van der Waals surface area contributed by atoms with E-state index in [0.717, 1.165) is 24.1 Å². The Labute approximate surface area is 120 Å². The molecule has 1 aromatic carbocycles. The van der Waals surface area contributed by atoms with Gasteiger partial charge in [0.2, 0.25) is 5.91 Å². The average molecular weight is 274 g/mol. The Bertz CT molecular complexity index is 537. The first-order valence-corrected chi connectivity index (χ1v) is 7.12. The van der Waals surface area contributed by atoms with Crippen LogP contribution in [0.5, 0.6) is 0 Å². The summed E-state index contributed by atoms with van der Waals surface area (Å²) >= 11 is 0. The smallest absolute Gasteiger partial charge is 0.252 e. The number of benzene rings is 1. The Kier molecular flexibility index (Phi) is 3.84. The second kappa shape index (κ2) is 5.27. The minimum atomic E-state index is -0.858. The van der Waals surface area contributed by atoms with Crippen molar-refractivity contribution < 1.29 is 9.59 Å². The van der Waals surface area contributed by atoms with Gasteiger partial charge in [0.15, 0.2) is 0 Å². The molecule has 0 bridgehead atoms. The second-order valence-electron chi connectivity index (χ2n) is 5.84. The van der Waals surface area contributed by atoms with Crippen molar-refractivity contribution in [3.8, 4) is 0 Å². The van der Waals surface area contributed by atoms with Crippen molar-refractivity contribution in [2.24, 2.45) is 0 Å². The monoisotopic (exact) mass is 274 g/mol. The van der Waals surface area contributed by atoms with Gasteiger partial charge in [-0.1, -0.05) is 31.5 Å². The van der Waals surface area contributed by atoms with Crippen molar-refractivity contribution in [2.45, 2.75) is 52.1 Å². The summed E-state index contributed by atoms with van der Waals surface area (Å²) in [5.41, 5.74) is 1.11. The summed E-state index contributed by atoms with van der Waals surface area (Å²) in [5, 5.41) is 2.78. The first kappa shape index (κ1) is 14.6. The molecule has 1 atom stereocenters. The van der Waals surface area contributed by atoms with Gasteiger partial charge in [0.25, 0.3) is 5.91 Å². The third-order valence-electron chi connectivity index (χ3n) is 3.73. The zero-order chi connectivity index (χ0) is 14.9. The van der Waals surface area contributed by atoms with Gasteiger partial charge in [0, 0.05) is 5.69 Å². The molecule has 108 valence electrons. The molecule has 2 amide bonds. The van der Waals surface area contributed by atoms with Crippen LogP contribution in [0.4, 0.5) is 5.69 Å². The van der Waals surface area contributed by atoms with Gasteiger partial charge in [-0.15, -0.1) is 0 Å². The molecule has 0 spiro atoms. The second-order valence-corrected chi connectivity index (χ2v) is 5.84. The molecule has 1 N–H and O–H groups in total. The number of hydrogen-bond donors (Lipinski definition) is 1. The SMILES string of the molecule is CCCc1ccccc1N1C(=O)C(C)(C)NC(=O)C1C. The largest absolute Gasteiger partial charge is 0.340 e. The number of nitrogens with zero attached hydrogens (tertiary/aromatic N) is 1. The van der Waals surface area contributed by atoms with E-state index >= 15 is 0 Å². The average Bonchev–Trinajstić information content (AvgIpc) is 2.39. The van der Waals surface area contributed by atoms with Gasteiger partial charge in [0.1, 0.15) is 11.6 Å². The van der Waals surface area contributed by atoms with Crippen LogP contribution in [0.15, 0.2) is 24.3 Å². The van der Waals surface area contributed by atoms with Crippen LogP contribution < -0.4 is 10.2 Å². The predicted octanol–water partition coefficient (Wildman–Crippen LogP) is 2.27. The molecule has 1 aromatic rings. The Morgan fingerprint density at radius 2 is 1.90 bits per heavy atom. The Balaban J connectivity index is 2.48. The standard InChI is InChI=1S/C16H22N2O2/c1-5-8-12-9-6-7-10-13(12)18-11(2)14(19)17-16(3,4)15(18)20/h6-7,9-11H,5,8H2,1-4H3,(H,17,19). The maximum Gasteiger partial charge on any atom is 0.252 e. The summed E-state index contributed by atoms with van der Waals surface area (Å²) in [6.45, 7) is 7.36. The summed E-state index contributed by atoms with van der Waals surface area (Å²) < 4.78 is 0. The Morgan fingerprint density at radius 3 is 2.55 bits per heavy atom. The highest BCUT2D eigenvalue weighted by Gasteiger charge is 2.44. The quantitative estimate of drug-likeness (QED) is 0.919. The van der Waals surface area contributed by atoms with Crippen LogP contribution in [0.3, 0.4) is 0 Å². The molecule has 0 aliphatic carbocycles. The topological polar surface area (TPSA) is 49.4 Å². The minimum absolute atomic E-state index is 0.0619. The van der Waals surface area contributed by atoms with Gasteiger partial charge in [-0.3, -0.25) is 14.5 Å². The van der Waals surface area contributed by atoms with Gasteiger partial charge in [0.05, 0.1) is 0 Å². The predicted molar refractivity (Wildman–Crippen MR) is 79.6 cm³/mol. The van der Waals surface area contributed by atoms with E-state index in [2.05, 4.69) is 12.2 Å². The summed E-state index contributed by atoms with van der Waals surface area (Å²) in [4.78, 5) is 26.4. The van der Waals surface area contributed by atoms with E-state index in [-0.39, 0.29) is 11.8 Å². The maximum absolute atomic E-state index is 12.7. The highest BCUT2D eigenvalue weighted by Crippen LogP contribution is 2.29. The number of rotatable bonds is 3. The Hall–Kier alpha value is -1.84. The van der Waals surface area contributed by atoms with Crippen molar-refractivity contribution in [1.29, 1.82) is 0 Å². The molecule has 1 aliphatic heterocycles. The van der Waals surface area contributed by atoms with Gasteiger partial charge >= 0.3 is 0 Å². The molecular formula is C16H22N2O2. The van der Waals surface area contributed by atoms with Gasteiger partial charge in [-0.05, 0) is 38.8 Å². The fourth-order valence-electron chi connectivity index (χ4n) is 2.60. The number of carbonyl (C=O) groups excluding carboxylic acids is 2.